The number of aromatic nitrogens is 1. The van der Waals surface area contributed by atoms with E-state index < -0.39 is 0 Å². The predicted octanol–water partition coefficient (Wildman–Crippen LogP) is 3.74. The first kappa shape index (κ1) is 21.8. The Balaban J connectivity index is 1.35. The highest BCUT2D eigenvalue weighted by Crippen LogP contribution is 2.42. The maximum absolute atomic E-state index is 13.1. The Bertz CT molecular complexity index is 1060. The molecule has 170 valence electrons. The van der Waals surface area contributed by atoms with Crippen LogP contribution in [0.3, 0.4) is 0 Å². The third-order valence-corrected chi connectivity index (χ3v) is 7.18. The van der Waals surface area contributed by atoms with E-state index in [0.29, 0.717) is 13.0 Å². The molecule has 0 aliphatic carbocycles. The topological polar surface area (TPSA) is 56.7 Å². The molecule has 0 radical (unpaired) electrons. The predicted molar refractivity (Wildman–Crippen MR) is 130 cm³/mol. The van der Waals surface area contributed by atoms with Gasteiger partial charge in [0.25, 0.3) is 0 Å². The molecule has 1 aromatic heterocycles. The Labute approximate surface area is 195 Å². The molecule has 0 saturated carbocycles. The SMILES string of the molecule is O=C(Cc1ccccn1)N1CCCCN2[C@H](CO)[C@H](c3ccc(-c4ccccc4)cc3)[C@H]2C1. The quantitative estimate of drug-likeness (QED) is 0.655. The van der Waals surface area contributed by atoms with Gasteiger partial charge in [0.2, 0.25) is 5.91 Å². The van der Waals surface area contributed by atoms with Gasteiger partial charge in [-0.25, -0.2) is 0 Å². The second-order valence-electron chi connectivity index (χ2n) is 9.11. The molecule has 1 amide bonds. The van der Waals surface area contributed by atoms with Crippen LogP contribution in [0.2, 0.25) is 0 Å². The van der Waals surface area contributed by atoms with Crippen molar-refractivity contribution < 1.29 is 9.90 Å². The fourth-order valence-corrected chi connectivity index (χ4v) is 5.46. The molecule has 3 atom stereocenters. The molecular weight excluding hydrogens is 410 g/mol. The monoisotopic (exact) mass is 441 g/mol. The number of benzene rings is 2. The van der Waals surface area contributed by atoms with E-state index in [1.54, 1.807) is 6.20 Å². The summed E-state index contributed by atoms with van der Waals surface area (Å²) in [7, 11) is 0. The lowest BCUT2D eigenvalue weighted by Gasteiger charge is -2.57. The summed E-state index contributed by atoms with van der Waals surface area (Å²) in [6.07, 6.45) is 4.12. The molecule has 33 heavy (non-hydrogen) atoms. The molecule has 3 aromatic rings. The van der Waals surface area contributed by atoms with Crippen LogP contribution in [-0.4, -0.2) is 64.1 Å². The summed E-state index contributed by atoms with van der Waals surface area (Å²) in [6.45, 7) is 2.62. The number of nitrogens with zero attached hydrogens (tertiary/aromatic N) is 3. The number of carbonyl (C=O) groups is 1. The van der Waals surface area contributed by atoms with Crippen molar-refractivity contribution in [2.24, 2.45) is 0 Å². The van der Waals surface area contributed by atoms with Crippen LogP contribution >= 0.6 is 0 Å². The van der Waals surface area contributed by atoms with E-state index in [1.807, 2.05) is 29.2 Å². The van der Waals surface area contributed by atoms with Crippen LogP contribution < -0.4 is 0 Å². The lowest BCUT2D eigenvalue weighted by atomic mass is 9.74. The third kappa shape index (κ3) is 4.56. The molecule has 2 aliphatic rings. The van der Waals surface area contributed by atoms with E-state index in [4.69, 9.17) is 0 Å². The van der Waals surface area contributed by atoms with E-state index in [-0.39, 0.29) is 30.5 Å². The molecular formula is C28H31N3O2. The van der Waals surface area contributed by atoms with Crippen molar-refractivity contribution in [1.29, 1.82) is 0 Å². The standard InChI is InChI=1S/C28H31N3O2/c32-20-26-28(23-13-11-22(12-14-23)21-8-2-1-3-9-21)25-19-30(16-6-7-17-31(25)26)27(33)18-24-10-4-5-15-29-24/h1-5,8-15,25-26,28,32H,6-7,16-20H2/t25-,26-,28-/m1/s1. The second-order valence-corrected chi connectivity index (χ2v) is 9.11. The highest BCUT2D eigenvalue weighted by Gasteiger charge is 2.49. The molecule has 3 heterocycles. The average Bonchev–Trinajstić information content (AvgIpc) is 2.84. The summed E-state index contributed by atoms with van der Waals surface area (Å²) >= 11 is 0. The Morgan fingerprint density at radius 3 is 2.36 bits per heavy atom. The van der Waals surface area contributed by atoms with Gasteiger partial charge in [-0.2, -0.15) is 0 Å². The number of hydrogen-bond acceptors (Lipinski definition) is 4. The van der Waals surface area contributed by atoms with Crippen molar-refractivity contribution in [2.75, 3.05) is 26.2 Å². The number of fused-ring (bicyclic) bond motifs is 1. The Hall–Kier alpha value is -3.02. The number of aliphatic hydroxyl groups is 1. The van der Waals surface area contributed by atoms with Gasteiger partial charge in [0, 0.05) is 43.0 Å². The van der Waals surface area contributed by atoms with Crippen molar-refractivity contribution in [3.05, 3.63) is 90.3 Å². The first-order chi connectivity index (χ1) is 16.2. The van der Waals surface area contributed by atoms with E-state index in [1.165, 1.54) is 16.7 Å². The Morgan fingerprint density at radius 1 is 0.909 bits per heavy atom. The summed E-state index contributed by atoms with van der Waals surface area (Å²) < 4.78 is 0. The number of hydrogen-bond donors (Lipinski definition) is 1. The lowest BCUT2D eigenvalue weighted by molar-refractivity contribution is -0.135. The summed E-state index contributed by atoms with van der Waals surface area (Å²) in [5.74, 6) is 0.365. The molecule has 2 aliphatic heterocycles. The molecule has 5 heteroatoms. The smallest absolute Gasteiger partial charge is 0.228 e. The zero-order chi connectivity index (χ0) is 22.6. The number of carbonyl (C=O) groups excluding carboxylic acids is 1. The van der Waals surface area contributed by atoms with Crippen molar-refractivity contribution in [3.63, 3.8) is 0 Å². The van der Waals surface area contributed by atoms with Gasteiger partial charge >= 0.3 is 0 Å². The van der Waals surface area contributed by atoms with Crippen molar-refractivity contribution >= 4 is 5.91 Å². The van der Waals surface area contributed by atoms with Gasteiger partial charge in [-0.3, -0.25) is 14.7 Å². The summed E-state index contributed by atoms with van der Waals surface area (Å²) in [4.78, 5) is 21.9. The van der Waals surface area contributed by atoms with E-state index in [9.17, 15) is 9.90 Å². The number of rotatable bonds is 5. The molecule has 2 fully saturated rings. The summed E-state index contributed by atoms with van der Waals surface area (Å²) in [5, 5.41) is 10.2. The van der Waals surface area contributed by atoms with Crippen LogP contribution in [-0.2, 0) is 11.2 Å². The van der Waals surface area contributed by atoms with Gasteiger partial charge < -0.3 is 10.0 Å². The second kappa shape index (κ2) is 9.86. The minimum absolute atomic E-state index is 0.114. The van der Waals surface area contributed by atoms with E-state index >= 15 is 0 Å². The van der Waals surface area contributed by atoms with Gasteiger partial charge in [-0.05, 0) is 48.2 Å². The van der Waals surface area contributed by atoms with Crippen LogP contribution in [0.5, 0.6) is 0 Å². The van der Waals surface area contributed by atoms with E-state index in [2.05, 4.69) is 58.4 Å². The normalized spacial score (nSPS) is 23.2. The van der Waals surface area contributed by atoms with Crippen LogP contribution in [0, 0.1) is 0 Å². The van der Waals surface area contributed by atoms with Crippen LogP contribution in [0.25, 0.3) is 11.1 Å². The zero-order valence-electron chi connectivity index (χ0n) is 18.9. The first-order valence-electron chi connectivity index (χ1n) is 11.9. The largest absolute Gasteiger partial charge is 0.395 e. The van der Waals surface area contributed by atoms with Crippen molar-refractivity contribution in [2.45, 2.75) is 37.3 Å². The highest BCUT2D eigenvalue weighted by molar-refractivity contribution is 5.78. The van der Waals surface area contributed by atoms with Gasteiger partial charge in [0.15, 0.2) is 0 Å². The number of amides is 1. The van der Waals surface area contributed by atoms with Crippen molar-refractivity contribution in [1.82, 2.24) is 14.8 Å². The maximum atomic E-state index is 13.1. The van der Waals surface area contributed by atoms with Crippen LogP contribution in [0.1, 0.15) is 30.0 Å². The zero-order valence-corrected chi connectivity index (χ0v) is 18.9. The summed E-state index contributed by atoms with van der Waals surface area (Å²) in [5.41, 5.74) is 4.46. The molecule has 5 nitrogen and oxygen atoms in total. The first-order valence-corrected chi connectivity index (χ1v) is 11.9. The molecule has 2 aromatic carbocycles. The minimum Gasteiger partial charge on any atom is -0.395 e. The number of aliphatic hydroxyl groups excluding tert-OH is 1. The molecule has 5 rings (SSSR count). The average molecular weight is 442 g/mol. The molecule has 2 saturated heterocycles. The van der Waals surface area contributed by atoms with Gasteiger partial charge in [0.05, 0.1) is 13.0 Å². The fourth-order valence-electron chi connectivity index (χ4n) is 5.46. The summed E-state index contributed by atoms with van der Waals surface area (Å²) in [6, 6.07) is 25.2. The molecule has 1 N–H and O–H groups in total. The van der Waals surface area contributed by atoms with Gasteiger partial charge in [0.1, 0.15) is 0 Å². The van der Waals surface area contributed by atoms with Gasteiger partial charge in [-0.15, -0.1) is 0 Å². The fraction of sp³-hybridized carbons (Fsp3) is 0.357. The third-order valence-electron chi connectivity index (χ3n) is 7.18. The Morgan fingerprint density at radius 2 is 1.64 bits per heavy atom. The Kier molecular flexibility index (Phi) is 6.51. The highest BCUT2D eigenvalue weighted by atomic mass is 16.3. The molecule has 0 bridgehead atoms. The lowest BCUT2D eigenvalue weighted by Crippen LogP contribution is -2.68. The van der Waals surface area contributed by atoms with Crippen LogP contribution in [0.15, 0.2) is 79.0 Å². The van der Waals surface area contributed by atoms with Gasteiger partial charge in [-0.1, -0.05) is 60.7 Å². The molecule has 0 spiro atoms. The van der Waals surface area contributed by atoms with Crippen LogP contribution in [0.4, 0.5) is 0 Å². The maximum Gasteiger partial charge on any atom is 0.228 e. The van der Waals surface area contributed by atoms with Crippen molar-refractivity contribution in [3.8, 4) is 11.1 Å². The molecule has 0 unspecified atom stereocenters. The van der Waals surface area contributed by atoms with E-state index in [0.717, 1.165) is 31.6 Å². The number of pyridine rings is 1. The minimum atomic E-state index is 0.114.